The number of unbranched alkanes of at least 4 members (excludes halogenated alkanes) is 3. The van der Waals surface area contributed by atoms with E-state index in [2.05, 4.69) is 11.1 Å². The van der Waals surface area contributed by atoms with Crippen molar-refractivity contribution in [3.05, 3.63) is 30.1 Å². The van der Waals surface area contributed by atoms with Gasteiger partial charge in [-0.1, -0.05) is 18.9 Å². The van der Waals surface area contributed by atoms with Gasteiger partial charge in [-0.25, -0.2) is 0 Å². The molecule has 19 heavy (non-hydrogen) atoms. The molecule has 1 saturated heterocycles. The number of hydrogen-bond donors (Lipinski definition) is 0. The van der Waals surface area contributed by atoms with Crippen molar-refractivity contribution in [1.29, 1.82) is 0 Å². The van der Waals surface area contributed by atoms with Gasteiger partial charge in [-0.3, -0.25) is 4.98 Å². The second-order valence-corrected chi connectivity index (χ2v) is 5.19. The summed E-state index contributed by atoms with van der Waals surface area (Å²) in [6, 6.07) is 4.16. The number of aryl methyl sites for hydroxylation is 1. The number of ether oxygens (including phenoxy) is 2. The summed E-state index contributed by atoms with van der Waals surface area (Å²) in [5.41, 5.74) is 1.34. The van der Waals surface area contributed by atoms with Crippen LogP contribution < -0.4 is 0 Å². The van der Waals surface area contributed by atoms with Crippen LogP contribution >= 0.6 is 0 Å². The molecule has 0 aromatic carbocycles. The molecule has 106 valence electrons. The number of aromatic nitrogens is 1. The van der Waals surface area contributed by atoms with Crippen LogP contribution in [0.3, 0.4) is 0 Å². The molecule has 0 N–H and O–H groups in total. The molecule has 1 aliphatic rings. The van der Waals surface area contributed by atoms with E-state index in [1.54, 1.807) is 0 Å². The molecule has 1 aliphatic heterocycles. The van der Waals surface area contributed by atoms with E-state index in [-0.39, 0.29) is 6.29 Å². The van der Waals surface area contributed by atoms with Crippen LogP contribution in [0.1, 0.15) is 50.5 Å². The van der Waals surface area contributed by atoms with Crippen molar-refractivity contribution >= 4 is 0 Å². The van der Waals surface area contributed by atoms with E-state index in [4.69, 9.17) is 9.47 Å². The first-order valence-corrected chi connectivity index (χ1v) is 7.57. The molecule has 1 atom stereocenters. The Morgan fingerprint density at radius 2 is 2.16 bits per heavy atom. The van der Waals surface area contributed by atoms with Gasteiger partial charge in [-0.15, -0.1) is 0 Å². The molecule has 0 amide bonds. The number of nitrogens with zero attached hydrogens (tertiary/aromatic N) is 1. The fourth-order valence-electron chi connectivity index (χ4n) is 2.39. The zero-order valence-electron chi connectivity index (χ0n) is 11.7. The first-order chi connectivity index (χ1) is 9.45. The summed E-state index contributed by atoms with van der Waals surface area (Å²) >= 11 is 0. The van der Waals surface area contributed by atoms with Gasteiger partial charge in [0.05, 0.1) is 0 Å². The van der Waals surface area contributed by atoms with E-state index in [1.807, 2.05) is 18.5 Å². The van der Waals surface area contributed by atoms with Gasteiger partial charge < -0.3 is 9.47 Å². The Kier molecular flexibility index (Phi) is 6.90. The van der Waals surface area contributed by atoms with Crippen LogP contribution in [0.5, 0.6) is 0 Å². The van der Waals surface area contributed by atoms with E-state index in [1.165, 1.54) is 37.7 Å². The highest BCUT2D eigenvalue weighted by Crippen LogP contribution is 2.14. The summed E-state index contributed by atoms with van der Waals surface area (Å²) in [7, 11) is 0. The molecule has 3 heteroatoms. The number of hydrogen-bond acceptors (Lipinski definition) is 3. The monoisotopic (exact) mass is 263 g/mol. The zero-order valence-corrected chi connectivity index (χ0v) is 11.7. The van der Waals surface area contributed by atoms with Crippen molar-refractivity contribution in [3.8, 4) is 0 Å². The minimum Gasteiger partial charge on any atom is -0.353 e. The molecular weight excluding hydrogens is 238 g/mol. The Morgan fingerprint density at radius 3 is 2.95 bits per heavy atom. The van der Waals surface area contributed by atoms with Crippen LogP contribution in [0.15, 0.2) is 24.5 Å². The highest BCUT2D eigenvalue weighted by Gasteiger charge is 2.13. The van der Waals surface area contributed by atoms with E-state index < -0.39 is 0 Å². The summed E-state index contributed by atoms with van der Waals surface area (Å²) < 4.78 is 11.2. The first-order valence-electron chi connectivity index (χ1n) is 7.57. The van der Waals surface area contributed by atoms with Crippen molar-refractivity contribution in [2.24, 2.45) is 0 Å². The lowest BCUT2D eigenvalue weighted by molar-refractivity contribution is -0.162. The van der Waals surface area contributed by atoms with Gasteiger partial charge in [-0.05, 0) is 50.2 Å². The van der Waals surface area contributed by atoms with Gasteiger partial charge >= 0.3 is 0 Å². The first kappa shape index (κ1) is 14.5. The van der Waals surface area contributed by atoms with E-state index in [9.17, 15) is 0 Å². The quantitative estimate of drug-likeness (QED) is 0.670. The fraction of sp³-hybridized carbons (Fsp3) is 0.688. The third kappa shape index (κ3) is 6.17. The minimum absolute atomic E-state index is 0.0733. The molecular formula is C16H25NO2. The van der Waals surface area contributed by atoms with Gasteiger partial charge in [0.1, 0.15) is 0 Å². The summed E-state index contributed by atoms with van der Waals surface area (Å²) in [6.07, 6.45) is 13.4. The van der Waals surface area contributed by atoms with Crippen LogP contribution in [0.2, 0.25) is 0 Å². The number of pyridine rings is 1. The van der Waals surface area contributed by atoms with Crippen molar-refractivity contribution in [2.75, 3.05) is 13.2 Å². The highest BCUT2D eigenvalue weighted by molar-refractivity contribution is 5.08. The normalized spacial score (nSPS) is 19.5. The van der Waals surface area contributed by atoms with Crippen LogP contribution in [0, 0.1) is 0 Å². The lowest BCUT2D eigenvalue weighted by atomic mass is 10.1. The van der Waals surface area contributed by atoms with Gasteiger partial charge in [-0.2, -0.15) is 0 Å². The van der Waals surface area contributed by atoms with E-state index in [0.717, 1.165) is 32.5 Å². The predicted octanol–water partition coefficient (Wildman–Crippen LogP) is 3.73. The van der Waals surface area contributed by atoms with E-state index in [0.29, 0.717) is 0 Å². The van der Waals surface area contributed by atoms with Crippen LogP contribution in [0.25, 0.3) is 0 Å². The maximum absolute atomic E-state index is 5.72. The fourth-order valence-corrected chi connectivity index (χ4v) is 2.39. The highest BCUT2D eigenvalue weighted by atomic mass is 16.7. The smallest absolute Gasteiger partial charge is 0.157 e. The zero-order chi connectivity index (χ0) is 13.2. The lowest BCUT2D eigenvalue weighted by Crippen LogP contribution is -2.22. The molecule has 2 heterocycles. The summed E-state index contributed by atoms with van der Waals surface area (Å²) in [5, 5.41) is 0. The SMILES string of the molecule is c1cncc(CCCCCCOC2CCCCO2)c1. The summed E-state index contributed by atoms with van der Waals surface area (Å²) in [4.78, 5) is 4.13. The van der Waals surface area contributed by atoms with Crippen molar-refractivity contribution in [1.82, 2.24) is 4.98 Å². The lowest BCUT2D eigenvalue weighted by Gasteiger charge is -2.22. The van der Waals surface area contributed by atoms with Gasteiger partial charge in [0.2, 0.25) is 0 Å². The molecule has 0 bridgehead atoms. The molecule has 0 saturated carbocycles. The molecule has 0 spiro atoms. The predicted molar refractivity (Wildman–Crippen MR) is 76.0 cm³/mol. The molecule has 0 radical (unpaired) electrons. The maximum Gasteiger partial charge on any atom is 0.157 e. The van der Waals surface area contributed by atoms with Crippen molar-refractivity contribution < 1.29 is 9.47 Å². The minimum atomic E-state index is 0.0733. The van der Waals surface area contributed by atoms with Crippen LogP contribution in [-0.4, -0.2) is 24.5 Å². The topological polar surface area (TPSA) is 31.4 Å². The Labute approximate surface area is 116 Å². The molecule has 2 rings (SSSR count). The third-order valence-corrected chi connectivity index (χ3v) is 3.52. The average Bonchev–Trinajstić information content (AvgIpc) is 2.48. The third-order valence-electron chi connectivity index (χ3n) is 3.52. The molecule has 1 unspecified atom stereocenters. The second kappa shape index (κ2) is 9.05. The molecule has 1 fully saturated rings. The van der Waals surface area contributed by atoms with Crippen LogP contribution in [-0.2, 0) is 15.9 Å². The van der Waals surface area contributed by atoms with Gasteiger partial charge in [0.25, 0.3) is 0 Å². The summed E-state index contributed by atoms with van der Waals surface area (Å²) in [6.45, 7) is 1.72. The number of rotatable bonds is 8. The van der Waals surface area contributed by atoms with Gasteiger partial charge in [0, 0.05) is 25.6 Å². The van der Waals surface area contributed by atoms with E-state index >= 15 is 0 Å². The summed E-state index contributed by atoms with van der Waals surface area (Å²) in [5.74, 6) is 0. The second-order valence-electron chi connectivity index (χ2n) is 5.19. The maximum atomic E-state index is 5.72. The largest absolute Gasteiger partial charge is 0.353 e. The molecule has 0 aliphatic carbocycles. The average molecular weight is 263 g/mol. The van der Waals surface area contributed by atoms with Gasteiger partial charge in [0.15, 0.2) is 6.29 Å². The van der Waals surface area contributed by atoms with Crippen molar-refractivity contribution in [2.45, 2.75) is 57.7 Å². The molecule has 1 aromatic rings. The molecule has 3 nitrogen and oxygen atoms in total. The Balaban J connectivity index is 1.42. The standard InChI is InChI=1S/C16H25NO2/c1(3-8-15-9-7-11-17-14-15)2-5-12-18-16-10-4-6-13-19-16/h7,9,11,14,16H,1-6,8,10,12-13H2. The Bertz CT molecular complexity index is 323. The van der Waals surface area contributed by atoms with Crippen LogP contribution in [0.4, 0.5) is 0 Å². The Morgan fingerprint density at radius 1 is 1.21 bits per heavy atom. The van der Waals surface area contributed by atoms with Crippen molar-refractivity contribution in [3.63, 3.8) is 0 Å². The Hall–Kier alpha value is -0.930. The molecule has 1 aromatic heterocycles.